The minimum absolute atomic E-state index is 0.229. The Labute approximate surface area is 89.8 Å². The SMILES string of the molecule is O=C(O)CN1CC2C3C=CC(CC3)C2C1. The Morgan fingerprint density at radius 2 is 1.73 bits per heavy atom. The van der Waals surface area contributed by atoms with Gasteiger partial charge in [0.2, 0.25) is 0 Å². The van der Waals surface area contributed by atoms with Crippen molar-refractivity contribution < 1.29 is 9.90 Å². The first-order valence-corrected chi connectivity index (χ1v) is 5.86. The topological polar surface area (TPSA) is 40.5 Å². The monoisotopic (exact) mass is 207 g/mol. The smallest absolute Gasteiger partial charge is 0.317 e. The van der Waals surface area contributed by atoms with Gasteiger partial charge in [-0.1, -0.05) is 12.2 Å². The molecule has 0 radical (unpaired) electrons. The lowest BCUT2D eigenvalue weighted by molar-refractivity contribution is -0.138. The number of rotatable bonds is 2. The summed E-state index contributed by atoms with van der Waals surface area (Å²) >= 11 is 0. The first-order chi connectivity index (χ1) is 7.24. The summed E-state index contributed by atoms with van der Waals surface area (Å²) in [7, 11) is 0. The van der Waals surface area contributed by atoms with E-state index in [4.69, 9.17) is 5.11 Å². The average Bonchev–Trinajstić information content (AvgIpc) is 2.63. The minimum Gasteiger partial charge on any atom is -0.480 e. The molecule has 0 aromatic heterocycles. The van der Waals surface area contributed by atoms with Crippen LogP contribution in [0.25, 0.3) is 0 Å². The molecule has 1 saturated carbocycles. The van der Waals surface area contributed by atoms with Gasteiger partial charge < -0.3 is 5.11 Å². The molecule has 1 heterocycles. The van der Waals surface area contributed by atoms with Crippen LogP contribution in [-0.4, -0.2) is 35.6 Å². The quantitative estimate of drug-likeness (QED) is 0.692. The van der Waals surface area contributed by atoms with Crippen LogP contribution >= 0.6 is 0 Å². The molecule has 0 spiro atoms. The third-order valence-corrected chi connectivity index (χ3v) is 4.39. The van der Waals surface area contributed by atoms with E-state index in [2.05, 4.69) is 17.1 Å². The lowest BCUT2D eigenvalue weighted by Gasteiger charge is -2.40. The Morgan fingerprint density at radius 1 is 1.20 bits per heavy atom. The summed E-state index contributed by atoms with van der Waals surface area (Å²) in [5.74, 6) is 2.27. The van der Waals surface area contributed by atoms with Gasteiger partial charge >= 0.3 is 5.97 Å². The number of aliphatic carboxylic acids is 1. The lowest BCUT2D eigenvalue weighted by Crippen LogP contribution is -2.35. The summed E-state index contributed by atoms with van der Waals surface area (Å²) in [6, 6.07) is 0. The zero-order valence-corrected chi connectivity index (χ0v) is 8.80. The van der Waals surface area contributed by atoms with Gasteiger partial charge in [-0.3, -0.25) is 9.69 Å². The third-order valence-electron chi connectivity index (χ3n) is 4.39. The Kier molecular flexibility index (Phi) is 2.09. The van der Waals surface area contributed by atoms with Crippen LogP contribution in [-0.2, 0) is 4.79 Å². The second-order valence-electron chi connectivity index (χ2n) is 5.21. The van der Waals surface area contributed by atoms with E-state index < -0.39 is 5.97 Å². The fraction of sp³-hybridized carbons (Fsp3) is 0.750. The van der Waals surface area contributed by atoms with Crippen molar-refractivity contribution in [3.8, 4) is 0 Å². The summed E-state index contributed by atoms with van der Waals surface area (Å²) < 4.78 is 0. The molecule has 0 aromatic rings. The fourth-order valence-corrected chi connectivity index (χ4v) is 3.74. The predicted octanol–water partition coefficient (Wildman–Crippen LogP) is 1.22. The van der Waals surface area contributed by atoms with Crippen LogP contribution in [0.5, 0.6) is 0 Å². The molecule has 2 fully saturated rings. The molecular weight excluding hydrogens is 190 g/mol. The molecule has 1 aliphatic heterocycles. The molecule has 0 aromatic carbocycles. The summed E-state index contributed by atoms with van der Waals surface area (Å²) in [5.41, 5.74) is 0. The third kappa shape index (κ3) is 1.49. The van der Waals surface area contributed by atoms with Crippen molar-refractivity contribution in [1.82, 2.24) is 4.90 Å². The van der Waals surface area contributed by atoms with E-state index >= 15 is 0 Å². The van der Waals surface area contributed by atoms with Crippen molar-refractivity contribution in [3.05, 3.63) is 12.2 Å². The molecule has 4 rings (SSSR count). The van der Waals surface area contributed by atoms with Gasteiger partial charge in [0.1, 0.15) is 0 Å². The van der Waals surface area contributed by atoms with Crippen LogP contribution < -0.4 is 0 Å². The van der Waals surface area contributed by atoms with E-state index in [9.17, 15) is 4.79 Å². The van der Waals surface area contributed by atoms with Crippen molar-refractivity contribution in [2.24, 2.45) is 23.7 Å². The summed E-state index contributed by atoms with van der Waals surface area (Å²) in [6.45, 7) is 2.23. The maximum Gasteiger partial charge on any atom is 0.317 e. The number of hydrogen-bond donors (Lipinski definition) is 1. The molecule has 82 valence electrons. The average molecular weight is 207 g/mol. The molecule has 3 nitrogen and oxygen atoms in total. The van der Waals surface area contributed by atoms with Crippen LogP contribution in [0.3, 0.4) is 0 Å². The van der Waals surface area contributed by atoms with Crippen molar-refractivity contribution in [3.63, 3.8) is 0 Å². The molecule has 3 aliphatic carbocycles. The summed E-state index contributed by atoms with van der Waals surface area (Å²) in [6.07, 6.45) is 7.39. The normalized spacial score (nSPS) is 43.2. The number of nitrogens with zero attached hydrogens (tertiary/aromatic N) is 1. The Hall–Kier alpha value is -0.830. The first kappa shape index (κ1) is 9.40. The van der Waals surface area contributed by atoms with Crippen LogP contribution in [0.4, 0.5) is 0 Å². The van der Waals surface area contributed by atoms with Crippen molar-refractivity contribution in [2.45, 2.75) is 12.8 Å². The number of fused-ring (bicyclic) bond motifs is 1. The summed E-state index contributed by atoms with van der Waals surface area (Å²) in [5, 5.41) is 8.80. The van der Waals surface area contributed by atoms with E-state index in [1.807, 2.05) is 0 Å². The number of allylic oxidation sites excluding steroid dienone is 2. The molecule has 4 unspecified atom stereocenters. The van der Waals surface area contributed by atoms with Gasteiger partial charge in [0.25, 0.3) is 0 Å². The van der Waals surface area contributed by atoms with E-state index in [0.29, 0.717) is 0 Å². The van der Waals surface area contributed by atoms with Gasteiger partial charge in [-0.05, 0) is 36.5 Å². The lowest BCUT2D eigenvalue weighted by atomic mass is 9.64. The number of carboxylic acid groups (broad SMARTS) is 1. The molecular formula is C12H17NO2. The van der Waals surface area contributed by atoms with Gasteiger partial charge in [0.15, 0.2) is 0 Å². The highest BCUT2D eigenvalue weighted by molar-refractivity contribution is 5.69. The van der Waals surface area contributed by atoms with Crippen LogP contribution in [0.1, 0.15) is 12.8 Å². The second kappa shape index (κ2) is 3.34. The maximum atomic E-state index is 10.7. The molecule has 4 aliphatic rings. The zero-order valence-electron chi connectivity index (χ0n) is 8.80. The predicted molar refractivity (Wildman–Crippen MR) is 56.4 cm³/mol. The van der Waals surface area contributed by atoms with Gasteiger partial charge in [-0.2, -0.15) is 0 Å². The second-order valence-corrected chi connectivity index (χ2v) is 5.21. The van der Waals surface area contributed by atoms with Crippen LogP contribution in [0.2, 0.25) is 0 Å². The first-order valence-electron chi connectivity index (χ1n) is 5.86. The highest BCUT2D eigenvalue weighted by Gasteiger charge is 2.45. The van der Waals surface area contributed by atoms with Crippen molar-refractivity contribution in [1.29, 1.82) is 0 Å². The molecule has 3 heteroatoms. The highest BCUT2D eigenvalue weighted by Crippen LogP contribution is 2.48. The van der Waals surface area contributed by atoms with E-state index in [0.717, 1.165) is 36.8 Å². The summed E-state index contributed by atoms with van der Waals surface area (Å²) in [4.78, 5) is 12.8. The molecule has 1 saturated heterocycles. The highest BCUT2D eigenvalue weighted by atomic mass is 16.4. The van der Waals surface area contributed by atoms with Gasteiger partial charge in [0.05, 0.1) is 6.54 Å². The molecule has 2 bridgehead atoms. The van der Waals surface area contributed by atoms with Crippen molar-refractivity contribution >= 4 is 5.97 Å². The van der Waals surface area contributed by atoms with E-state index in [-0.39, 0.29) is 6.54 Å². The van der Waals surface area contributed by atoms with Gasteiger partial charge in [-0.25, -0.2) is 0 Å². The maximum absolute atomic E-state index is 10.7. The molecule has 4 atom stereocenters. The fourth-order valence-electron chi connectivity index (χ4n) is 3.74. The van der Waals surface area contributed by atoms with Gasteiger partial charge in [0, 0.05) is 13.1 Å². The molecule has 15 heavy (non-hydrogen) atoms. The Morgan fingerprint density at radius 3 is 2.13 bits per heavy atom. The van der Waals surface area contributed by atoms with Gasteiger partial charge in [-0.15, -0.1) is 0 Å². The molecule has 1 N–H and O–H groups in total. The number of carboxylic acids is 1. The number of hydrogen-bond acceptors (Lipinski definition) is 2. The van der Waals surface area contributed by atoms with Crippen molar-refractivity contribution in [2.75, 3.05) is 19.6 Å². The van der Waals surface area contributed by atoms with E-state index in [1.165, 1.54) is 12.8 Å². The van der Waals surface area contributed by atoms with E-state index in [1.54, 1.807) is 0 Å². The largest absolute Gasteiger partial charge is 0.480 e. The van der Waals surface area contributed by atoms with Crippen LogP contribution in [0.15, 0.2) is 12.2 Å². The minimum atomic E-state index is -0.686. The standard InChI is InChI=1S/C12H17NO2/c14-12(15)7-13-5-10-8-1-2-9(4-3-8)11(10)6-13/h1-2,8-11H,3-7H2,(H,14,15). The zero-order chi connectivity index (χ0) is 10.4. The Bertz CT molecular complexity index is 291. The molecule has 0 amide bonds. The van der Waals surface area contributed by atoms with Crippen LogP contribution in [0, 0.1) is 23.7 Å². The number of likely N-dealkylation sites (tertiary alicyclic amines) is 1. The number of carbonyl (C=O) groups is 1. The Balaban J connectivity index is 1.73.